The summed E-state index contributed by atoms with van der Waals surface area (Å²) in [5.74, 6) is -1.81. The normalized spacial score (nSPS) is 17.7. The van der Waals surface area contributed by atoms with E-state index in [1.165, 1.54) is 18.2 Å². The standard InChI is InChI=1S/C17H13F3N2O3S/c18-17(19,20)25-12-7-3-2-6-11(12)22-15(23)9-14(16(22)24)26-13-8-4-1-5-10(13)21/h1-8,14H,9,21H2. The van der Waals surface area contributed by atoms with E-state index in [1.54, 1.807) is 24.3 Å². The molecule has 2 N–H and O–H groups in total. The third-order valence-corrected chi connectivity index (χ3v) is 4.90. The van der Waals surface area contributed by atoms with Gasteiger partial charge in [0.05, 0.1) is 10.9 Å². The predicted molar refractivity (Wildman–Crippen MR) is 90.7 cm³/mol. The summed E-state index contributed by atoms with van der Waals surface area (Å²) in [5.41, 5.74) is 6.07. The van der Waals surface area contributed by atoms with Crippen molar-refractivity contribution in [3.05, 3.63) is 48.5 Å². The number of thioether (sulfide) groups is 1. The average molecular weight is 382 g/mol. The average Bonchev–Trinajstić information content (AvgIpc) is 2.83. The Morgan fingerprint density at radius 2 is 1.73 bits per heavy atom. The highest BCUT2D eigenvalue weighted by atomic mass is 32.2. The maximum atomic E-state index is 12.7. The summed E-state index contributed by atoms with van der Waals surface area (Å²) in [4.78, 5) is 26.3. The van der Waals surface area contributed by atoms with Crippen LogP contribution in [-0.4, -0.2) is 23.4 Å². The van der Waals surface area contributed by atoms with Gasteiger partial charge in [-0.15, -0.1) is 24.9 Å². The van der Waals surface area contributed by atoms with E-state index >= 15 is 0 Å². The fraction of sp³-hybridized carbons (Fsp3) is 0.176. The molecule has 1 aliphatic rings. The van der Waals surface area contributed by atoms with Crippen LogP contribution in [0.25, 0.3) is 0 Å². The summed E-state index contributed by atoms with van der Waals surface area (Å²) in [6, 6.07) is 11.9. The number of alkyl halides is 3. The van der Waals surface area contributed by atoms with Gasteiger partial charge in [-0.2, -0.15) is 0 Å². The Kier molecular flexibility index (Phi) is 4.82. The van der Waals surface area contributed by atoms with Crippen molar-refractivity contribution in [1.82, 2.24) is 0 Å². The molecule has 9 heteroatoms. The van der Waals surface area contributed by atoms with Crippen molar-refractivity contribution in [2.45, 2.75) is 22.9 Å². The number of nitrogens with two attached hydrogens (primary N) is 1. The van der Waals surface area contributed by atoms with Gasteiger partial charge < -0.3 is 10.5 Å². The lowest BCUT2D eigenvalue weighted by Gasteiger charge is -2.19. The number of hydrogen-bond donors (Lipinski definition) is 1. The number of benzene rings is 2. The summed E-state index contributed by atoms with van der Waals surface area (Å²) < 4.78 is 41.7. The van der Waals surface area contributed by atoms with E-state index in [1.807, 2.05) is 0 Å². The van der Waals surface area contributed by atoms with E-state index in [2.05, 4.69) is 4.74 Å². The van der Waals surface area contributed by atoms with Gasteiger partial charge in [0.25, 0.3) is 0 Å². The fourth-order valence-electron chi connectivity index (χ4n) is 2.54. The first-order valence-corrected chi connectivity index (χ1v) is 8.37. The van der Waals surface area contributed by atoms with Gasteiger partial charge in [-0.25, -0.2) is 4.90 Å². The number of amides is 2. The summed E-state index contributed by atoms with van der Waals surface area (Å²) in [6.45, 7) is 0. The number of halogens is 3. The minimum atomic E-state index is -4.94. The first-order valence-electron chi connectivity index (χ1n) is 7.49. The molecule has 0 bridgehead atoms. The summed E-state index contributed by atoms with van der Waals surface area (Å²) in [6.07, 6.45) is -5.08. The third kappa shape index (κ3) is 3.77. The quantitative estimate of drug-likeness (QED) is 0.646. The van der Waals surface area contributed by atoms with Crippen LogP contribution in [0.4, 0.5) is 24.5 Å². The molecule has 0 aliphatic carbocycles. The molecule has 26 heavy (non-hydrogen) atoms. The zero-order valence-electron chi connectivity index (χ0n) is 13.2. The smallest absolute Gasteiger partial charge is 0.404 e. The van der Waals surface area contributed by atoms with Crippen molar-refractivity contribution in [3.8, 4) is 5.75 Å². The predicted octanol–water partition coefficient (Wildman–Crippen LogP) is 3.59. The minimum absolute atomic E-state index is 0.141. The molecule has 1 saturated heterocycles. The van der Waals surface area contributed by atoms with Crippen molar-refractivity contribution in [2.24, 2.45) is 0 Å². The molecule has 0 spiro atoms. The van der Waals surface area contributed by atoms with E-state index in [0.29, 0.717) is 10.6 Å². The lowest BCUT2D eigenvalue weighted by molar-refractivity contribution is -0.274. The molecule has 2 amide bonds. The van der Waals surface area contributed by atoms with E-state index in [0.717, 1.165) is 22.7 Å². The molecule has 2 aromatic carbocycles. The van der Waals surface area contributed by atoms with Gasteiger partial charge in [0.2, 0.25) is 11.8 Å². The van der Waals surface area contributed by atoms with Gasteiger partial charge in [-0.05, 0) is 24.3 Å². The van der Waals surface area contributed by atoms with Gasteiger partial charge >= 0.3 is 6.36 Å². The first kappa shape index (κ1) is 18.1. The van der Waals surface area contributed by atoms with Crippen LogP contribution in [0.2, 0.25) is 0 Å². The zero-order valence-corrected chi connectivity index (χ0v) is 14.0. The Bertz CT molecular complexity index is 857. The van der Waals surface area contributed by atoms with Crippen LogP contribution in [0.5, 0.6) is 5.75 Å². The number of anilines is 2. The lowest BCUT2D eigenvalue weighted by atomic mass is 10.2. The fourth-order valence-corrected chi connectivity index (χ4v) is 3.64. The topological polar surface area (TPSA) is 72.6 Å². The molecule has 5 nitrogen and oxygen atoms in total. The molecule has 0 saturated carbocycles. The minimum Gasteiger partial charge on any atom is -0.404 e. The second-order valence-electron chi connectivity index (χ2n) is 5.43. The number of para-hydroxylation sites is 3. The summed E-state index contributed by atoms with van der Waals surface area (Å²) in [7, 11) is 0. The number of hydrogen-bond acceptors (Lipinski definition) is 5. The van der Waals surface area contributed by atoms with Gasteiger partial charge in [0.1, 0.15) is 0 Å². The number of carbonyl (C=O) groups excluding carboxylic acids is 2. The van der Waals surface area contributed by atoms with Crippen LogP contribution in [0.15, 0.2) is 53.4 Å². The van der Waals surface area contributed by atoms with Crippen molar-refractivity contribution in [3.63, 3.8) is 0 Å². The van der Waals surface area contributed by atoms with Crippen LogP contribution in [0, 0.1) is 0 Å². The molecule has 1 heterocycles. The van der Waals surface area contributed by atoms with Crippen LogP contribution in [0.3, 0.4) is 0 Å². The van der Waals surface area contributed by atoms with Crippen molar-refractivity contribution < 1.29 is 27.5 Å². The Hall–Kier alpha value is -2.68. The number of ether oxygens (including phenoxy) is 1. The van der Waals surface area contributed by atoms with Gasteiger partial charge in [-0.3, -0.25) is 9.59 Å². The van der Waals surface area contributed by atoms with Crippen molar-refractivity contribution >= 4 is 35.0 Å². The van der Waals surface area contributed by atoms with E-state index in [-0.39, 0.29) is 12.1 Å². The largest absolute Gasteiger partial charge is 0.573 e. The Labute approximate surface area is 150 Å². The number of nitrogen functional groups attached to an aromatic ring is 1. The molecule has 1 atom stereocenters. The van der Waals surface area contributed by atoms with Crippen LogP contribution in [0.1, 0.15) is 6.42 Å². The number of rotatable bonds is 4. The maximum Gasteiger partial charge on any atom is 0.573 e. The molecule has 0 aromatic heterocycles. The molecule has 2 aromatic rings. The van der Waals surface area contributed by atoms with Gasteiger partial charge in [-0.1, -0.05) is 24.3 Å². The second-order valence-corrected chi connectivity index (χ2v) is 6.68. The van der Waals surface area contributed by atoms with Crippen LogP contribution in [-0.2, 0) is 9.59 Å². The van der Waals surface area contributed by atoms with Gasteiger partial charge in [0.15, 0.2) is 5.75 Å². The summed E-state index contributed by atoms with van der Waals surface area (Å²) >= 11 is 1.11. The maximum absolute atomic E-state index is 12.7. The highest BCUT2D eigenvalue weighted by molar-refractivity contribution is 8.00. The lowest BCUT2D eigenvalue weighted by Crippen LogP contribution is -2.32. The molecule has 136 valence electrons. The monoisotopic (exact) mass is 382 g/mol. The molecular weight excluding hydrogens is 369 g/mol. The number of imide groups is 1. The van der Waals surface area contributed by atoms with Crippen LogP contribution < -0.4 is 15.4 Å². The molecule has 1 fully saturated rings. The van der Waals surface area contributed by atoms with Crippen molar-refractivity contribution in [2.75, 3.05) is 10.6 Å². The number of nitrogens with zero attached hydrogens (tertiary/aromatic N) is 1. The highest BCUT2D eigenvalue weighted by Crippen LogP contribution is 2.40. The van der Waals surface area contributed by atoms with E-state index in [4.69, 9.17) is 5.73 Å². The second kappa shape index (κ2) is 6.91. The first-order chi connectivity index (χ1) is 12.3. The molecule has 1 aliphatic heterocycles. The molecule has 1 unspecified atom stereocenters. The Morgan fingerprint density at radius 1 is 1.08 bits per heavy atom. The Balaban J connectivity index is 1.87. The summed E-state index contributed by atoms with van der Waals surface area (Å²) in [5, 5.41) is -0.772. The molecule has 0 radical (unpaired) electrons. The number of carbonyl (C=O) groups is 2. The molecule has 3 rings (SSSR count). The van der Waals surface area contributed by atoms with E-state index in [9.17, 15) is 22.8 Å². The molecular formula is C17H13F3N2O3S. The zero-order chi connectivity index (χ0) is 18.9. The van der Waals surface area contributed by atoms with Crippen LogP contribution >= 0.6 is 11.8 Å². The van der Waals surface area contributed by atoms with E-state index < -0.39 is 29.2 Å². The van der Waals surface area contributed by atoms with Gasteiger partial charge in [0, 0.05) is 17.0 Å². The Morgan fingerprint density at radius 3 is 2.42 bits per heavy atom. The highest BCUT2D eigenvalue weighted by Gasteiger charge is 2.42. The SMILES string of the molecule is Nc1ccccc1SC1CC(=O)N(c2ccccc2OC(F)(F)F)C1=O. The van der Waals surface area contributed by atoms with Crippen molar-refractivity contribution in [1.29, 1.82) is 0 Å². The third-order valence-electron chi connectivity index (χ3n) is 3.63.